The SMILES string of the molecule is NC(=O)c1ccc(F)c(NCc2cc(F)ccc2Br)c1. The van der Waals surface area contributed by atoms with Crippen molar-refractivity contribution < 1.29 is 13.6 Å². The van der Waals surface area contributed by atoms with Gasteiger partial charge in [0.2, 0.25) is 5.91 Å². The molecule has 2 aromatic rings. The van der Waals surface area contributed by atoms with Crippen molar-refractivity contribution in [2.24, 2.45) is 5.73 Å². The predicted molar refractivity (Wildman–Crippen MR) is 76.3 cm³/mol. The van der Waals surface area contributed by atoms with E-state index in [-0.39, 0.29) is 23.6 Å². The smallest absolute Gasteiger partial charge is 0.248 e. The summed E-state index contributed by atoms with van der Waals surface area (Å²) in [4.78, 5) is 11.1. The van der Waals surface area contributed by atoms with Gasteiger partial charge in [0.25, 0.3) is 0 Å². The second kappa shape index (κ2) is 6.00. The minimum Gasteiger partial charge on any atom is -0.379 e. The lowest BCUT2D eigenvalue weighted by atomic mass is 10.1. The summed E-state index contributed by atoms with van der Waals surface area (Å²) < 4.78 is 27.5. The van der Waals surface area contributed by atoms with Gasteiger partial charge in [-0.05, 0) is 42.0 Å². The van der Waals surface area contributed by atoms with Crippen LogP contribution in [0.3, 0.4) is 0 Å². The predicted octanol–water partition coefficient (Wildman–Crippen LogP) is 3.44. The Kier molecular flexibility index (Phi) is 4.34. The Morgan fingerprint density at radius 1 is 1.20 bits per heavy atom. The molecule has 0 spiro atoms. The molecule has 0 radical (unpaired) electrons. The summed E-state index contributed by atoms with van der Waals surface area (Å²) in [6.45, 7) is 0.206. The van der Waals surface area contributed by atoms with Crippen LogP contribution in [0.1, 0.15) is 15.9 Å². The number of hydrogen-bond donors (Lipinski definition) is 2. The highest BCUT2D eigenvalue weighted by atomic mass is 79.9. The van der Waals surface area contributed by atoms with E-state index in [0.717, 1.165) is 6.07 Å². The first-order valence-electron chi connectivity index (χ1n) is 5.74. The highest BCUT2D eigenvalue weighted by Crippen LogP contribution is 2.21. The Morgan fingerprint density at radius 3 is 2.65 bits per heavy atom. The van der Waals surface area contributed by atoms with Crippen molar-refractivity contribution >= 4 is 27.5 Å². The monoisotopic (exact) mass is 340 g/mol. The number of carbonyl (C=O) groups is 1. The van der Waals surface area contributed by atoms with Gasteiger partial charge in [-0.1, -0.05) is 15.9 Å². The molecule has 3 N–H and O–H groups in total. The molecule has 0 aliphatic rings. The molecule has 0 bridgehead atoms. The van der Waals surface area contributed by atoms with Crippen LogP contribution in [0.15, 0.2) is 40.9 Å². The summed E-state index contributed by atoms with van der Waals surface area (Å²) in [5.41, 5.74) is 6.11. The molecular formula is C14H11BrF2N2O. The Bertz CT molecular complexity index is 662. The van der Waals surface area contributed by atoms with Gasteiger partial charge in [-0.2, -0.15) is 0 Å². The molecule has 0 saturated heterocycles. The van der Waals surface area contributed by atoms with E-state index in [1.807, 2.05) is 0 Å². The maximum Gasteiger partial charge on any atom is 0.248 e. The molecule has 20 heavy (non-hydrogen) atoms. The molecule has 0 fully saturated rings. The lowest BCUT2D eigenvalue weighted by Gasteiger charge is -2.10. The van der Waals surface area contributed by atoms with Crippen LogP contribution in [0, 0.1) is 11.6 Å². The Morgan fingerprint density at radius 2 is 1.95 bits per heavy atom. The molecule has 0 aliphatic heterocycles. The van der Waals surface area contributed by atoms with Crippen molar-refractivity contribution in [1.82, 2.24) is 0 Å². The van der Waals surface area contributed by atoms with E-state index in [0.29, 0.717) is 10.0 Å². The molecule has 1 amide bonds. The minimum absolute atomic E-state index is 0.137. The average Bonchev–Trinajstić information content (AvgIpc) is 2.41. The van der Waals surface area contributed by atoms with Gasteiger partial charge in [-0.3, -0.25) is 4.79 Å². The molecule has 0 aliphatic carbocycles. The highest BCUT2D eigenvalue weighted by Gasteiger charge is 2.08. The topological polar surface area (TPSA) is 55.1 Å². The van der Waals surface area contributed by atoms with Gasteiger partial charge in [-0.15, -0.1) is 0 Å². The van der Waals surface area contributed by atoms with Crippen molar-refractivity contribution in [3.63, 3.8) is 0 Å². The fourth-order valence-electron chi connectivity index (χ4n) is 1.68. The lowest BCUT2D eigenvalue weighted by molar-refractivity contribution is 0.100. The maximum absolute atomic E-state index is 13.6. The van der Waals surface area contributed by atoms with Crippen LogP contribution >= 0.6 is 15.9 Å². The average molecular weight is 341 g/mol. The number of benzene rings is 2. The molecule has 104 valence electrons. The van der Waals surface area contributed by atoms with Crippen LogP contribution < -0.4 is 11.1 Å². The third kappa shape index (κ3) is 3.33. The molecule has 0 aromatic heterocycles. The normalized spacial score (nSPS) is 10.3. The lowest BCUT2D eigenvalue weighted by Crippen LogP contribution is -2.12. The molecule has 2 aromatic carbocycles. The van der Waals surface area contributed by atoms with Gasteiger partial charge in [0, 0.05) is 16.6 Å². The third-order valence-corrected chi connectivity index (χ3v) is 3.50. The van der Waals surface area contributed by atoms with Gasteiger partial charge in [0.1, 0.15) is 11.6 Å². The largest absolute Gasteiger partial charge is 0.379 e. The van der Waals surface area contributed by atoms with Crippen LogP contribution in [-0.2, 0) is 6.54 Å². The van der Waals surface area contributed by atoms with Crippen molar-refractivity contribution in [2.45, 2.75) is 6.54 Å². The Hall–Kier alpha value is -1.95. The minimum atomic E-state index is -0.639. The number of amides is 1. The number of carbonyl (C=O) groups excluding carboxylic acids is 1. The zero-order valence-electron chi connectivity index (χ0n) is 10.3. The van der Waals surface area contributed by atoms with E-state index in [4.69, 9.17) is 5.73 Å². The molecule has 3 nitrogen and oxygen atoms in total. The number of nitrogens with one attached hydrogen (secondary N) is 1. The Labute approximate surface area is 122 Å². The second-order valence-corrected chi connectivity index (χ2v) is 5.00. The molecule has 0 heterocycles. The fraction of sp³-hybridized carbons (Fsp3) is 0.0714. The van der Waals surface area contributed by atoms with Gasteiger partial charge in [0.05, 0.1) is 5.69 Å². The van der Waals surface area contributed by atoms with Crippen molar-refractivity contribution in [2.75, 3.05) is 5.32 Å². The number of rotatable bonds is 4. The molecular weight excluding hydrogens is 330 g/mol. The van der Waals surface area contributed by atoms with Gasteiger partial charge < -0.3 is 11.1 Å². The van der Waals surface area contributed by atoms with E-state index in [2.05, 4.69) is 21.2 Å². The van der Waals surface area contributed by atoms with Crippen molar-refractivity contribution in [1.29, 1.82) is 0 Å². The molecule has 6 heteroatoms. The summed E-state index contributed by atoms with van der Waals surface area (Å²) in [6, 6.07) is 8.02. The molecule has 0 unspecified atom stereocenters. The summed E-state index contributed by atoms with van der Waals surface area (Å²) >= 11 is 3.29. The number of anilines is 1. The van der Waals surface area contributed by atoms with E-state index in [9.17, 15) is 13.6 Å². The maximum atomic E-state index is 13.6. The summed E-state index contributed by atoms with van der Waals surface area (Å²) in [5, 5.41) is 2.81. The molecule has 0 saturated carbocycles. The number of primary amides is 1. The van der Waals surface area contributed by atoms with Crippen LogP contribution in [0.5, 0.6) is 0 Å². The van der Waals surface area contributed by atoms with Gasteiger partial charge >= 0.3 is 0 Å². The number of nitrogens with two attached hydrogens (primary N) is 1. The first kappa shape index (κ1) is 14.5. The summed E-state index contributed by atoms with van der Waals surface area (Å²) in [7, 11) is 0. The van der Waals surface area contributed by atoms with Gasteiger partial charge in [0.15, 0.2) is 0 Å². The first-order chi connectivity index (χ1) is 9.47. The van der Waals surface area contributed by atoms with Crippen LogP contribution in [0.4, 0.5) is 14.5 Å². The highest BCUT2D eigenvalue weighted by molar-refractivity contribution is 9.10. The molecule has 0 atom stereocenters. The second-order valence-electron chi connectivity index (χ2n) is 4.15. The van der Waals surface area contributed by atoms with Crippen LogP contribution in [-0.4, -0.2) is 5.91 Å². The van der Waals surface area contributed by atoms with Crippen molar-refractivity contribution in [3.05, 3.63) is 63.6 Å². The zero-order chi connectivity index (χ0) is 14.7. The summed E-state index contributed by atoms with van der Waals surface area (Å²) in [5.74, 6) is -1.53. The van der Waals surface area contributed by atoms with Crippen LogP contribution in [0.2, 0.25) is 0 Å². The third-order valence-electron chi connectivity index (χ3n) is 2.73. The summed E-state index contributed by atoms with van der Waals surface area (Å²) in [6.07, 6.45) is 0. The first-order valence-corrected chi connectivity index (χ1v) is 6.54. The van der Waals surface area contributed by atoms with E-state index < -0.39 is 11.7 Å². The number of halogens is 3. The standard InChI is InChI=1S/C14H11BrF2N2O/c15-11-3-2-10(16)5-9(11)7-19-13-6-8(14(18)20)1-4-12(13)17/h1-6,19H,7H2,(H2,18,20). The van der Waals surface area contributed by atoms with E-state index in [1.54, 1.807) is 6.07 Å². The van der Waals surface area contributed by atoms with E-state index in [1.165, 1.54) is 24.3 Å². The zero-order valence-corrected chi connectivity index (χ0v) is 11.9. The van der Waals surface area contributed by atoms with Gasteiger partial charge in [-0.25, -0.2) is 8.78 Å². The van der Waals surface area contributed by atoms with Crippen molar-refractivity contribution in [3.8, 4) is 0 Å². The molecule has 2 rings (SSSR count). The van der Waals surface area contributed by atoms with Crippen LogP contribution in [0.25, 0.3) is 0 Å². The number of hydrogen-bond acceptors (Lipinski definition) is 2. The quantitative estimate of drug-likeness (QED) is 0.895. The fourth-order valence-corrected chi connectivity index (χ4v) is 2.07. The Balaban J connectivity index is 2.20. The van der Waals surface area contributed by atoms with E-state index >= 15 is 0 Å².